The van der Waals surface area contributed by atoms with Crippen LogP contribution in [0.25, 0.3) is 0 Å². The third kappa shape index (κ3) is 6.71. The highest BCUT2D eigenvalue weighted by Gasteiger charge is 2.18. The summed E-state index contributed by atoms with van der Waals surface area (Å²) in [4.78, 5) is 12.9. The number of ether oxygens (including phenoxy) is 2. The molecule has 0 aromatic rings. The van der Waals surface area contributed by atoms with Crippen LogP contribution in [0.15, 0.2) is 0 Å². The second-order valence-electron chi connectivity index (χ2n) is 4.10. The van der Waals surface area contributed by atoms with Crippen molar-refractivity contribution in [1.29, 1.82) is 0 Å². The highest BCUT2D eigenvalue weighted by atomic mass is 16.6. The molecular weight excluding hydrogens is 182 g/mol. The van der Waals surface area contributed by atoms with Crippen LogP contribution in [0.5, 0.6) is 0 Å². The average molecular weight is 203 g/mol. The summed E-state index contributed by atoms with van der Waals surface area (Å²) in [5.41, 5.74) is -0.434. The van der Waals surface area contributed by atoms with E-state index in [1.807, 2.05) is 27.7 Å². The van der Waals surface area contributed by atoms with E-state index in [2.05, 4.69) is 0 Å². The lowest BCUT2D eigenvalue weighted by atomic mass is 10.2. The Morgan fingerprint density at radius 2 is 1.93 bits per heavy atom. The van der Waals surface area contributed by atoms with Crippen LogP contribution in [0.1, 0.15) is 27.7 Å². The summed E-state index contributed by atoms with van der Waals surface area (Å²) in [6.45, 7) is 9.24. The number of amides is 1. The molecule has 4 nitrogen and oxygen atoms in total. The molecule has 0 atom stereocenters. The van der Waals surface area contributed by atoms with E-state index in [-0.39, 0.29) is 6.09 Å². The molecule has 84 valence electrons. The molecule has 0 aliphatic rings. The molecule has 0 rings (SSSR count). The van der Waals surface area contributed by atoms with Crippen molar-refractivity contribution in [2.45, 2.75) is 33.3 Å². The van der Waals surface area contributed by atoms with Gasteiger partial charge in [0.15, 0.2) is 0 Å². The van der Waals surface area contributed by atoms with Crippen LogP contribution < -0.4 is 0 Å². The van der Waals surface area contributed by atoms with Gasteiger partial charge in [0.2, 0.25) is 0 Å². The van der Waals surface area contributed by atoms with Crippen molar-refractivity contribution in [1.82, 2.24) is 4.90 Å². The fraction of sp³-hybridized carbons (Fsp3) is 0.900. The number of hydrogen-bond donors (Lipinski definition) is 0. The first-order chi connectivity index (χ1) is 6.37. The summed E-state index contributed by atoms with van der Waals surface area (Å²) in [5.74, 6) is 0. The number of carbonyl (C=O) groups excluding carboxylic acids is 1. The first kappa shape index (κ1) is 13.2. The van der Waals surface area contributed by atoms with Crippen molar-refractivity contribution in [3.63, 3.8) is 0 Å². The molecule has 4 heteroatoms. The molecular formula is C10H21NO3. The van der Waals surface area contributed by atoms with E-state index in [0.717, 1.165) is 0 Å². The summed E-state index contributed by atoms with van der Waals surface area (Å²) in [6, 6.07) is 0. The molecule has 0 saturated carbocycles. The summed E-state index contributed by atoms with van der Waals surface area (Å²) in [5, 5.41) is 0. The van der Waals surface area contributed by atoms with Crippen molar-refractivity contribution in [2.75, 3.05) is 26.8 Å². The molecule has 0 spiro atoms. The maximum Gasteiger partial charge on any atom is 0.410 e. The molecule has 0 N–H and O–H groups in total. The van der Waals surface area contributed by atoms with E-state index in [9.17, 15) is 4.79 Å². The van der Waals surface area contributed by atoms with Crippen molar-refractivity contribution in [3.8, 4) is 0 Å². The second kappa shape index (κ2) is 5.86. The Bertz CT molecular complexity index is 175. The zero-order valence-corrected chi connectivity index (χ0v) is 9.79. The van der Waals surface area contributed by atoms with E-state index in [0.29, 0.717) is 19.8 Å². The maximum atomic E-state index is 11.4. The Balaban J connectivity index is 3.77. The number of carbonyl (C=O) groups is 1. The number of hydrogen-bond acceptors (Lipinski definition) is 3. The van der Waals surface area contributed by atoms with Crippen molar-refractivity contribution >= 4 is 6.09 Å². The van der Waals surface area contributed by atoms with E-state index in [4.69, 9.17) is 9.47 Å². The van der Waals surface area contributed by atoms with E-state index in [1.54, 1.807) is 7.05 Å². The SMILES string of the molecule is CCOCCN(C)C(=O)OC(C)(C)C. The van der Waals surface area contributed by atoms with Gasteiger partial charge in [0.25, 0.3) is 0 Å². The van der Waals surface area contributed by atoms with Crippen LogP contribution in [-0.2, 0) is 9.47 Å². The van der Waals surface area contributed by atoms with E-state index < -0.39 is 5.60 Å². The Morgan fingerprint density at radius 3 is 2.36 bits per heavy atom. The topological polar surface area (TPSA) is 38.8 Å². The summed E-state index contributed by atoms with van der Waals surface area (Å²) in [6.07, 6.45) is -0.308. The molecule has 0 radical (unpaired) electrons. The highest BCUT2D eigenvalue weighted by Crippen LogP contribution is 2.08. The lowest BCUT2D eigenvalue weighted by Gasteiger charge is -2.24. The molecule has 0 aromatic heterocycles. The zero-order valence-electron chi connectivity index (χ0n) is 9.79. The lowest BCUT2D eigenvalue weighted by molar-refractivity contribution is 0.0238. The van der Waals surface area contributed by atoms with Gasteiger partial charge < -0.3 is 14.4 Å². The molecule has 0 heterocycles. The van der Waals surface area contributed by atoms with Gasteiger partial charge in [-0.1, -0.05) is 0 Å². The molecule has 0 saturated heterocycles. The Labute approximate surface area is 86.2 Å². The van der Waals surface area contributed by atoms with Gasteiger partial charge in [0.1, 0.15) is 5.60 Å². The lowest BCUT2D eigenvalue weighted by Crippen LogP contribution is -2.36. The fourth-order valence-corrected chi connectivity index (χ4v) is 0.777. The fourth-order valence-electron chi connectivity index (χ4n) is 0.777. The normalized spacial score (nSPS) is 11.2. The van der Waals surface area contributed by atoms with Gasteiger partial charge in [0.05, 0.1) is 6.61 Å². The van der Waals surface area contributed by atoms with E-state index >= 15 is 0 Å². The zero-order chi connectivity index (χ0) is 11.2. The van der Waals surface area contributed by atoms with Crippen LogP contribution in [0.3, 0.4) is 0 Å². The maximum absolute atomic E-state index is 11.4. The smallest absolute Gasteiger partial charge is 0.410 e. The van der Waals surface area contributed by atoms with Crippen molar-refractivity contribution < 1.29 is 14.3 Å². The van der Waals surface area contributed by atoms with Crippen LogP contribution in [0.4, 0.5) is 4.79 Å². The molecule has 0 fully saturated rings. The predicted octanol–water partition coefficient (Wildman–Crippen LogP) is 1.89. The van der Waals surface area contributed by atoms with E-state index in [1.165, 1.54) is 4.90 Å². The summed E-state index contributed by atoms with van der Waals surface area (Å²) < 4.78 is 10.3. The monoisotopic (exact) mass is 203 g/mol. The Hall–Kier alpha value is -0.770. The van der Waals surface area contributed by atoms with Gasteiger partial charge in [-0.2, -0.15) is 0 Å². The molecule has 1 amide bonds. The van der Waals surface area contributed by atoms with Gasteiger partial charge in [-0.25, -0.2) is 4.79 Å². The predicted molar refractivity (Wildman–Crippen MR) is 55.4 cm³/mol. The minimum atomic E-state index is -0.434. The third-order valence-corrected chi connectivity index (χ3v) is 1.48. The van der Waals surface area contributed by atoms with Gasteiger partial charge in [-0.3, -0.25) is 0 Å². The first-order valence-corrected chi connectivity index (χ1v) is 4.88. The van der Waals surface area contributed by atoms with Crippen molar-refractivity contribution in [2.24, 2.45) is 0 Å². The summed E-state index contributed by atoms with van der Waals surface area (Å²) in [7, 11) is 1.70. The number of nitrogens with zero attached hydrogens (tertiary/aromatic N) is 1. The minimum Gasteiger partial charge on any atom is -0.444 e. The van der Waals surface area contributed by atoms with Gasteiger partial charge in [-0.15, -0.1) is 0 Å². The molecule has 14 heavy (non-hydrogen) atoms. The van der Waals surface area contributed by atoms with Crippen LogP contribution in [0.2, 0.25) is 0 Å². The average Bonchev–Trinajstić information content (AvgIpc) is 2.01. The van der Waals surface area contributed by atoms with Crippen molar-refractivity contribution in [3.05, 3.63) is 0 Å². The minimum absolute atomic E-state index is 0.308. The van der Waals surface area contributed by atoms with Crippen LogP contribution >= 0.6 is 0 Å². The molecule has 0 unspecified atom stereocenters. The molecule has 0 bridgehead atoms. The summed E-state index contributed by atoms with van der Waals surface area (Å²) >= 11 is 0. The van der Waals surface area contributed by atoms with Gasteiger partial charge in [0, 0.05) is 20.2 Å². The largest absolute Gasteiger partial charge is 0.444 e. The number of rotatable bonds is 4. The van der Waals surface area contributed by atoms with Gasteiger partial charge >= 0.3 is 6.09 Å². The highest BCUT2D eigenvalue weighted by molar-refractivity contribution is 5.67. The number of likely N-dealkylation sites (N-methyl/N-ethyl adjacent to an activating group) is 1. The molecule has 0 aromatic carbocycles. The Morgan fingerprint density at radius 1 is 1.36 bits per heavy atom. The Kier molecular flexibility index (Phi) is 5.53. The van der Waals surface area contributed by atoms with Crippen LogP contribution in [-0.4, -0.2) is 43.4 Å². The molecule has 0 aliphatic carbocycles. The second-order valence-corrected chi connectivity index (χ2v) is 4.10. The van der Waals surface area contributed by atoms with Crippen LogP contribution in [0, 0.1) is 0 Å². The first-order valence-electron chi connectivity index (χ1n) is 4.88. The third-order valence-electron chi connectivity index (χ3n) is 1.48. The van der Waals surface area contributed by atoms with Gasteiger partial charge in [-0.05, 0) is 27.7 Å². The quantitative estimate of drug-likeness (QED) is 0.655. The standard InChI is InChI=1S/C10H21NO3/c1-6-13-8-7-11(5)9(12)14-10(2,3)4/h6-8H2,1-5H3. The molecule has 0 aliphatic heterocycles.